The lowest BCUT2D eigenvalue weighted by Gasteiger charge is -2.10. The van der Waals surface area contributed by atoms with Gasteiger partial charge in [-0.25, -0.2) is 22.3 Å². The molecule has 0 radical (unpaired) electrons. The molecule has 2 aromatic carbocycles. The first-order chi connectivity index (χ1) is 15.1. The van der Waals surface area contributed by atoms with Gasteiger partial charge in [0.2, 0.25) is 0 Å². The molecule has 0 atom stereocenters. The van der Waals surface area contributed by atoms with Gasteiger partial charge in [-0.15, -0.1) is 11.3 Å². The van der Waals surface area contributed by atoms with Gasteiger partial charge in [0.05, 0.1) is 15.4 Å². The lowest BCUT2D eigenvalue weighted by Crippen LogP contribution is -2.33. The Hall–Kier alpha value is -3.41. The molecule has 4 rings (SSSR count). The smallest absolute Gasteiger partial charge is 0.333 e. The number of thiophene rings is 1. The highest BCUT2D eigenvalue weighted by Gasteiger charge is 2.20. The third-order valence-corrected chi connectivity index (χ3v) is 7.52. The van der Waals surface area contributed by atoms with E-state index in [4.69, 9.17) is 17.3 Å². The molecule has 0 saturated heterocycles. The molecule has 4 aromatic rings. The van der Waals surface area contributed by atoms with Gasteiger partial charge in [-0.2, -0.15) is 0 Å². The molecule has 2 amide bonds. The monoisotopic (exact) mass is 492 g/mol. The molecule has 0 aliphatic carbocycles. The Morgan fingerprint density at radius 1 is 1.09 bits per heavy atom. The summed E-state index contributed by atoms with van der Waals surface area (Å²) in [5.74, 6) is -0.683. The second-order valence-corrected chi connectivity index (χ2v) is 10.2. The highest BCUT2D eigenvalue weighted by atomic mass is 35.5. The van der Waals surface area contributed by atoms with Crippen LogP contribution in [0.3, 0.4) is 0 Å². The molecule has 8 nitrogen and oxygen atoms in total. The maximum absolute atomic E-state index is 13.8. The van der Waals surface area contributed by atoms with Crippen LogP contribution in [0.4, 0.5) is 20.6 Å². The van der Waals surface area contributed by atoms with Gasteiger partial charge in [0.25, 0.3) is 15.6 Å². The summed E-state index contributed by atoms with van der Waals surface area (Å²) in [5.41, 5.74) is 5.80. The van der Waals surface area contributed by atoms with Gasteiger partial charge in [-0.1, -0.05) is 11.6 Å². The van der Waals surface area contributed by atoms with Gasteiger partial charge in [0, 0.05) is 17.6 Å². The van der Waals surface area contributed by atoms with Crippen molar-refractivity contribution < 1.29 is 17.6 Å². The maximum Gasteiger partial charge on any atom is 0.333 e. The minimum Gasteiger partial charge on any atom is -0.396 e. The summed E-state index contributed by atoms with van der Waals surface area (Å²) >= 11 is 6.55. The molecule has 4 N–H and O–H groups in total. The summed E-state index contributed by atoms with van der Waals surface area (Å²) < 4.78 is 41.5. The van der Waals surface area contributed by atoms with Crippen molar-refractivity contribution in [1.29, 1.82) is 0 Å². The number of fused-ring (bicyclic) bond motifs is 1. The van der Waals surface area contributed by atoms with Gasteiger partial charge in [0.1, 0.15) is 10.0 Å². The van der Waals surface area contributed by atoms with Crippen LogP contribution in [0.2, 0.25) is 4.34 Å². The highest BCUT2D eigenvalue weighted by molar-refractivity contribution is 7.92. The summed E-state index contributed by atoms with van der Waals surface area (Å²) in [7, 11) is -4.06. The van der Waals surface area contributed by atoms with E-state index in [9.17, 15) is 22.4 Å². The van der Waals surface area contributed by atoms with Gasteiger partial charge in [-0.05, 0) is 60.0 Å². The SMILES string of the molecule is Nc1cc2ccn(-c3ccc(NC(=O)NS(=O)(=O)c4ccc(Cl)s4)cc3)c(=O)c2cc1F. The fourth-order valence-electron chi connectivity index (χ4n) is 2.96. The van der Waals surface area contributed by atoms with Crippen molar-refractivity contribution in [1.82, 2.24) is 9.29 Å². The van der Waals surface area contributed by atoms with Crippen LogP contribution in [0.15, 0.2) is 69.8 Å². The molecule has 0 spiro atoms. The number of hydrogen-bond acceptors (Lipinski definition) is 6. The second-order valence-electron chi connectivity index (χ2n) is 6.62. The second kappa shape index (κ2) is 8.26. The average Bonchev–Trinajstić information content (AvgIpc) is 3.18. The maximum atomic E-state index is 13.8. The Morgan fingerprint density at radius 3 is 2.47 bits per heavy atom. The molecule has 164 valence electrons. The number of nitrogens with zero attached hydrogens (tertiary/aromatic N) is 1. The van der Waals surface area contributed by atoms with Crippen LogP contribution in [-0.4, -0.2) is 19.0 Å². The Labute approximate surface area is 190 Å². The first-order valence-electron chi connectivity index (χ1n) is 8.94. The van der Waals surface area contributed by atoms with Crippen LogP contribution in [0, 0.1) is 5.82 Å². The summed E-state index contributed by atoms with van der Waals surface area (Å²) in [5, 5.41) is 3.08. The molecule has 2 heterocycles. The van der Waals surface area contributed by atoms with E-state index in [0.717, 1.165) is 17.4 Å². The number of carbonyl (C=O) groups is 1. The van der Waals surface area contributed by atoms with Crippen molar-refractivity contribution in [2.75, 3.05) is 11.1 Å². The standard InChI is InChI=1S/C20H14ClFN4O4S2/c21-17-5-6-18(31-17)32(29,30)25-20(28)24-12-1-3-13(4-2-12)26-8-7-11-9-16(23)15(22)10-14(11)19(26)27/h1-10H,23H2,(H2,24,25,28). The average molecular weight is 493 g/mol. The minimum absolute atomic E-state index is 0.0486. The van der Waals surface area contributed by atoms with E-state index >= 15 is 0 Å². The number of benzene rings is 2. The van der Waals surface area contributed by atoms with Gasteiger partial charge < -0.3 is 11.1 Å². The molecule has 0 bridgehead atoms. The normalized spacial score (nSPS) is 11.4. The molecule has 0 aliphatic rings. The number of pyridine rings is 1. The number of sulfonamides is 1. The molecule has 0 unspecified atom stereocenters. The van der Waals surface area contributed by atoms with Crippen molar-refractivity contribution in [3.63, 3.8) is 0 Å². The molecule has 0 aliphatic heterocycles. The summed E-state index contributed by atoms with van der Waals surface area (Å²) in [6.45, 7) is 0. The third kappa shape index (κ3) is 4.31. The minimum atomic E-state index is -4.06. The van der Waals surface area contributed by atoms with Crippen LogP contribution in [0.5, 0.6) is 0 Å². The summed E-state index contributed by atoms with van der Waals surface area (Å²) in [4.78, 5) is 24.8. The van der Waals surface area contributed by atoms with Crippen molar-refractivity contribution in [3.8, 4) is 5.69 Å². The molecule has 2 aromatic heterocycles. The van der Waals surface area contributed by atoms with Crippen molar-refractivity contribution in [3.05, 3.63) is 81.3 Å². The lowest BCUT2D eigenvalue weighted by molar-refractivity contribution is 0.256. The quantitative estimate of drug-likeness (QED) is 0.372. The number of urea groups is 1. The molecule has 0 fully saturated rings. The number of nitrogens with one attached hydrogen (secondary N) is 2. The van der Waals surface area contributed by atoms with E-state index in [-0.39, 0.29) is 19.6 Å². The Bertz CT molecular complexity index is 1520. The highest BCUT2D eigenvalue weighted by Crippen LogP contribution is 2.25. The Kier molecular flexibility index (Phi) is 5.63. The fraction of sp³-hybridized carbons (Fsp3) is 0. The van der Waals surface area contributed by atoms with E-state index < -0.39 is 27.4 Å². The summed E-state index contributed by atoms with van der Waals surface area (Å²) in [6.07, 6.45) is 1.52. The van der Waals surface area contributed by atoms with Crippen LogP contribution in [-0.2, 0) is 10.0 Å². The molecule has 12 heteroatoms. The van der Waals surface area contributed by atoms with E-state index in [1.165, 1.54) is 41.1 Å². The fourth-order valence-corrected chi connectivity index (χ4v) is 5.35. The van der Waals surface area contributed by atoms with Crippen molar-refractivity contribution in [2.45, 2.75) is 4.21 Å². The Morgan fingerprint density at radius 2 is 1.81 bits per heavy atom. The zero-order valence-corrected chi connectivity index (χ0v) is 18.4. The number of hydrogen-bond donors (Lipinski definition) is 3. The van der Waals surface area contributed by atoms with E-state index in [1.54, 1.807) is 18.2 Å². The van der Waals surface area contributed by atoms with Gasteiger partial charge >= 0.3 is 6.03 Å². The van der Waals surface area contributed by atoms with Crippen LogP contribution in [0.1, 0.15) is 0 Å². The number of nitrogens with two attached hydrogens (primary N) is 1. The van der Waals surface area contributed by atoms with Crippen molar-refractivity contribution in [2.24, 2.45) is 0 Å². The zero-order valence-electron chi connectivity index (χ0n) is 16.0. The first-order valence-corrected chi connectivity index (χ1v) is 11.6. The predicted molar refractivity (Wildman–Crippen MR) is 123 cm³/mol. The topological polar surface area (TPSA) is 123 Å². The van der Waals surface area contributed by atoms with Gasteiger partial charge in [0.15, 0.2) is 0 Å². The van der Waals surface area contributed by atoms with Crippen molar-refractivity contribution >= 4 is 61.1 Å². The number of amides is 2. The largest absolute Gasteiger partial charge is 0.396 e. The number of carbonyl (C=O) groups excluding carboxylic acids is 1. The number of rotatable bonds is 4. The van der Waals surface area contributed by atoms with E-state index in [0.29, 0.717) is 16.8 Å². The number of halogens is 2. The lowest BCUT2D eigenvalue weighted by atomic mass is 10.1. The Balaban J connectivity index is 1.53. The summed E-state index contributed by atoms with van der Waals surface area (Å²) in [6, 6.07) is 11.9. The molecule has 32 heavy (non-hydrogen) atoms. The van der Waals surface area contributed by atoms with E-state index in [1.807, 2.05) is 4.72 Å². The predicted octanol–water partition coefficient (Wildman–Crippen LogP) is 3.94. The van der Waals surface area contributed by atoms with Gasteiger partial charge in [-0.3, -0.25) is 9.36 Å². The molecular formula is C20H14ClFN4O4S2. The zero-order chi connectivity index (χ0) is 23.0. The molecule has 0 saturated carbocycles. The number of nitrogen functional groups attached to an aromatic ring is 1. The number of anilines is 2. The third-order valence-electron chi connectivity index (χ3n) is 4.47. The van der Waals surface area contributed by atoms with Crippen LogP contribution < -0.4 is 21.3 Å². The van der Waals surface area contributed by atoms with Crippen LogP contribution in [0.25, 0.3) is 16.5 Å². The van der Waals surface area contributed by atoms with Crippen LogP contribution >= 0.6 is 22.9 Å². The number of aromatic nitrogens is 1. The first kappa shape index (κ1) is 21.8. The molecular weight excluding hydrogens is 479 g/mol. The van der Waals surface area contributed by atoms with E-state index in [2.05, 4.69) is 5.32 Å².